The zero-order valence-corrected chi connectivity index (χ0v) is 10.6. The van der Waals surface area contributed by atoms with Crippen molar-refractivity contribution in [3.63, 3.8) is 0 Å². The molecule has 0 aliphatic heterocycles. The van der Waals surface area contributed by atoms with E-state index in [1.807, 2.05) is 0 Å². The molecule has 0 heterocycles. The van der Waals surface area contributed by atoms with E-state index in [1.54, 1.807) is 12.1 Å². The number of hydrogen-bond donors (Lipinski definition) is 2. The zero-order valence-electron chi connectivity index (χ0n) is 10.6. The zero-order chi connectivity index (χ0) is 15.4. The van der Waals surface area contributed by atoms with E-state index in [4.69, 9.17) is 10.2 Å². The molecule has 2 rings (SSSR count). The van der Waals surface area contributed by atoms with Gasteiger partial charge in [0.25, 0.3) is 6.47 Å². The highest BCUT2D eigenvalue weighted by atomic mass is 16.5. The maximum atomic E-state index is 11.1. The van der Waals surface area contributed by atoms with Crippen molar-refractivity contribution in [1.29, 1.82) is 0 Å². The van der Waals surface area contributed by atoms with Crippen LogP contribution in [0.4, 0.5) is 0 Å². The van der Waals surface area contributed by atoms with E-state index in [9.17, 15) is 14.4 Å². The summed E-state index contributed by atoms with van der Waals surface area (Å²) in [5.41, 5.74) is 1.20. The first-order chi connectivity index (χ1) is 10.0. The van der Waals surface area contributed by atoms with Crippen LogP contribution < -0.4 is 4.74 Å². The summed E-state index contributed by atoms with van der Waals surface area (Å²) in [6.45, 7) is 0.207. The van der Waals surface area contributed by atoms with Crippen molar-refractivity contribution < 1.29 is 29.3 Å². The van der Waals surface area contributed by atoms with Crippen molar-refractivity contribution >= 4 is 18.4 Å². The van der Waals surface area contributed by atoms with Crippen molar-refractivity contribution in [3.8, 4) is 16.9 Å². The van der Waals surface area contributed by atoms with Crippen LogP contribution in [-0.4, -0.2) is 28.6 Å². The molecule has 106 valence electrons. The summed E-state index contributed by atoms with van der Waals surface area (Å²) in [6, 6.07) is 10.1. The largest absolute Gasteiger partial charge is 0.478 e. The Hall–Kier alpha value is -3.15. The Bertz CT molecular complexity index is 703. The van der Waals surface area contributed by atoms with Gasteiger partial charge in [0.1, 0.15) is 5.75 Å². The van der Waals surface area contributed by atoms with E-state index in [2.05, 4.69) is 4.74 Å². The molecule has 2 aromatic carbocycles. The van der Waals surface area contributed by atoms with Crippen LogP contribution in [0.2, 0.25) is 0 Å². The first-order valence-electron chi connectivity index (χ1n) is 5.83. The van der Waals surface area contributed by atoms with E-state index in [-0.39, 0.29) is 23.3 Å². The Balaban J connectivity index is 2.48. The smallest absolute Gasteiger partial charge is 0.335 e. The molecule has 0 aliphatic carbocycles. The van der Waals surface area contributed by atoms with E-state index < -0.39 is 11.9 Å². The lowest BCUT2D eigenvalue weighted by Crippen LogP contribution is -1.99. The summed E-state index contributed by atoms with van der Waals surface area (Å²) in [7, 11) is 0. The number of carboxylic acids is 2. The number of carboxylic acid groups (broad SMARTS) is 2. The molecular weight excluding hydrogens is 276 g/mol. The van der Waals surface area contributed by atoms with E-state index in [1.165, 1.54) is 30.3 Å². The Kier molecular flexibility index (Phi) is 3.99. The normalized spacial score (nSPS) is 9.90. The van der Waals surface area contributed by atoms with Gasteiger partial charge in [0.2, 0.25) is 0 Å². The summed E-state index contributed by atoms with van der Waals surface area (Å²) in [5.74, 6) is -2.11. The van der Waals surface area contributed by atoms with Crippen LogP contribution in [-0.2, 0) is 4.79 Å². The van der Waals surface area contributed by atoms with E-state index >= 15 is 0 Å². The van der Waals surface area contributed by atoms with E-state index in [0.717, 1.165) is 0 Å². The molecule has 21 heavy (non-hydrogen) atoms. The topological polar surface area (TPSA) is 101 Å². The van der Waals surface area contributed by atoms with Gasteiger partial charge in [-0.1, -0.05) is 12.1 Å². The molecule has 0 atom stereocenters. The lowest BCUT2D eigenvalue weighted by atomic mass is 10.0. The first-order valence-corrected chi connectivity index (χ1v) is 5.83. The molecule has 2 aromatic rings. The molecule has 0 bridgehead atoms. The number of carbonyl (C=O) groups is 3. The van der Waals surface area contributed by atoms with Gasteiger partial charge < -0.3 is 14.9 Å². The van der Waals surface area contributed by atoms with Gasteiger partial charge in [-0.2, -0.15) is 0 Å². The quantitative estimate of drug-likeness (QED) is 0.818. The lowest BCUT2D eigenvalue weighted by Gasteiger charge is -2.07. The van der Waals surface area contributed by atoms with Gasteiger partial charge >= 0.3 is 11.9 Å². The molecule has 6 heteroatoms. The summed E-state index contributed by atoms with van der Waals surface area (Å²) in [4.78, 5) is 32.2. The van der Waals surface area contributed by atoms with Crippen molar-refractivity contribution in [3.05, 3.63) is 53.6 Å². The third-order valence-electron chi connectivity index (χ3n) is 2.80. The van der Waals surface area contributed by atoms with Gasteiger partial charge in [-0.25, -0.2) is 9.59 Å². The van der Waals surface area contributed by atoms with Gasteiger partial charge in [0, 0.05) is 0 Å². The highest BCUT2D eigenvalue weighted by molar-refractivity contribution is 5.91. The highest BCUT2D eigenvalue weighted by Gasteiger charge is 2.10. The van der Waals surface area contributed by atoms with Gasteiger partial charge in [0.05, 0.1) is 11.1 Å². The molecule has 0 aliphatic rings. The fraction of sp³-hybridized carbons (Fsp3) is 0. The second-order valence-corrected chi connectivity index (χ2v) is 4.15. The fourth-order valence-corrected chi connectivity index (χ4v) is 1.82. The number of aromatic carboxylic acids is 2. The minimum absolute atomic E-state index is 0.0355. The summed E-state index contributed by atoms with van der Waals surface area (Å²) in [5, 5.41) is 17.9. The molecule has 6 nitrogen and oxygen atoms in total. The highest BCUT2D eigenvalue weighted by Crippen LogP contribution is 2.26. The number of ether oxygens (including phenoxy) is 1. The predicted octanol–water partition coefficient (Wildman–Crippen LogP) is 2.29. The van der Waals surface area contributed by atoms with E-state index in [0.29, 0.717) is 11.1 Å². The molecule has 0 aromatic heterocycles. The van der Waals surface area contributed by atoms with Crippen LogP contribution in [0.5, 0.6) is 5.75 Å². The Labute approximate surface area is 119 Å². The molecule has 0 saturated carbocycles. The van der Waals surface area contributed by atoms with Gasteiger partial charge in [-0.05, 0) is 41.5 Å². The van der Waals surface area contributed by atoms with Crippen LogP contribution in [0.25, 0.3) is 11.1 Å². The van der Waals surface area contributed by atoms with Gasteiger partial charge in [-0.3, -0.25) is 4.79 Å². The fourth-order valence-electron chi connectivity index (χ4n) is 1.82. The second-order valence-electron chi connectivity index (χ2n) is 4.15. The Morgan fingerprint density at radius 2 is 1.48 bits per heavy atom. The summed E-state index contributed by atoms with van der Waals surface area (Å²) >= 11 is 0. The average molecular weight is 286 g/mol. The SMILES string of the molecule is O=COc1cc(C(=O)O)cc(-c2ccc(C(=O)O)cc2)c1. The van der Waals surface area contributed by atoms with Crippen LogP contribution in [0, 0.1) is 0 Å². The molecule has 2 N–H and O–H groups in total. The number of benzene rings is 2. The predicted molar refractivity (Wildman–Crippen MR) is 72.5 cm³/mol. The second kappa shape index (κ2) is 5.87. The molecule has 0 amide bonds. The van der Waals surface area contributed by atoms with Crippen LogP contribution in [0.1, 0.15) is 20.7 Å². The number of rotatable bonds is 5. The summed E-state index contributed by atoms with van der Waals surface area (Å²) < 4.78 is 4.68. The van der Waals surface area contributed by atoms with Gasteiger partial charge in [-0.15, -0.1) is 0 Å². The molecule has 0 unspecified atom stereocenters. The maximum Gasteiger partial charge on any atom is 0.335 e. The van der Waals surface area contributed by atoms with Crippen molar-refractivity contribution in [2.75, 3.05) is 0 Å². The monoisotopic (exact) mass is 286 g/mol. The van der Waals surface area contributed by atoms with Crippen molar-refractivity contribution in [1.82, 2.24) is 0 Å². The standard InChI is InChI=1S/C15H10O6/c16-8-21-13-6-11(5-12(7-13)15(19)20)9-1-3-10(4-2-9)14(17)18/h1-8H,(H,17,18)(H,19,20). The summed E-state index contributed by atoms with van der Waals surface area (Å²) in [6.07, 6.45) is 0. The number of hydrogen-bond acceptors (Lipinski definition) is 4. The van der Waals surface area contributed by atoms with Crippen LogP contribution in [0.3, 0.4) is 0 Å². The minimum atomic E-state index is -1.16. The Morgan fingerprint density at radius 1 is 0.857 bits per heavy atom. The molecule has 0 radical (unpaired) electrons. The molecule has 0 saturated heterocycles. The first kappa shape index (κ1) is 14.3. The minimum Gasteiger partial charge on any atom is -0.478 e. The Morgan fingerprint density at radius 3 is 2.00 bits per heavy atom. The molecular formula is C15H10O6. The third-order valence-corrected chi connectivity index (χ3v) is 2.80. The van der Waals surface area contributed by atoms with Gasteiger partial charge in [0.15, 0.2) is 0 Å². The molecule has 0 spiro atoms. The van der Waals surface area contributed by atoms with Crippen molar-refractivity contribution in [2.24, 2.45) is 0 Å². The van der Waals surface area contributed by atoms with Crippen LogP contribution >= 0.6 is 0 Å². The van der Waals surface area contributed by atoms with Crippen LogP contribution in [0.15, 0.2) is 42.5 Å². The maximum absolute atomic E-state index is 11.1. The third kappa shape index (κ3) is 3.24. The van der Waals surface area contributed by atoms with Crippen molar-refractivity contribution in [2.45, 2.75) is 0 Å². The molecule has 0 fully saturated rings. The average Bonchev–Trinajstić information content (AvgIpc) is 2.47. The number of carbonyl (C=O) groups excluding carboxylic acids is 1. The lowest BCUT2D eigenvalue weighted by molar-refractivity contribution is -0.120.